The molecule has 4 N–H and O–H groups in total. The molecule has 3 aliphatic carbocycles. The van der Waals surface area contributed by atoms with Gasteiger partial charge in [0.15, 0.2) is 22.6 Å². The smallest absolute Gasteiger partial charge is 0.306 e. The van der Waals surface area contributed by atoms with Crippen molar-refractivity contribution in [3.63, 3.8) is 0 Å². The van der Waals surface area contributed by atoms with E-state index in [1.54, 1.807) is 91.3 Å². The summed E-state index contributed by atoms with van der Waals surface area (Å²) in [6.07, 6.45) is 10.6. The molecule has 147 heavy (non-hydrogen) atoms. The highest BCUT2D eigenvalue weighted by atomic mass is 35.5. The quantitative estimate of drug-likeness (QED) is 0.0584. The number of H-pyrrole nitrogens is 1. The van der Waals surface area contributed by atoms with Gasteiger partial charge in [-0.1, -0.05) is 117 Å². The number of rotatable bonds is 19. The molecule has 7 aliphatic rings. The van der Waals surface area contributed by atoms with Crippen LogP contribution in [0.4, 0.5) is 4.39 Å². The van der Waals surface area contributed by atoms with Gasteiger partial charge in [0.1, 0.15) is 34.4 Å². The van der Waals surface area contributed by atoms with E-state index in [-0.39, 0.29) is 112 Å². The molecule has 3 aromatic carbocycles. The maximum atomic E-state index is 13.7. The van der Waals surface area contributed by atoms with Crippen LogP contribution in [-0.4, -0.2) is 295 Å². The average molecular weight is 2050 g/mol. The van der Waals surface area contributed by atoms with Crippen LogP contribution >= 0.6 is 23.2 Å². The van der Waals surface area contributed by atoms with Gasteiger partial charge in [-0.3, -0.25) is 57.8 Å². The van der Waals surface area contributed by atoms with Crippen LogP contribution in [0.2, 0.25) is 10.0 Å². The second kappa shape index (κ2) is 42.8. The molecule has 3 saturated carbocycles. The maximum Gasteiger partial charge on any atom is 0.306 e. The summed E-state index contributed by atoms with van der Waals surface area (Å²) < 4.78 is 20.1. The molecule has 0 radical (unpaired) electrons. The van der Waals surface area contributed by atoms with Crippen molar-refractivity contribution in [1.82, 2.24) is 113 Å². The van der Waals surface area contributed by atoms with Crippen LogP contribution in [-0.2, 0) is 28.8 Å². The number of carbonyl (C=O) groups excluding carboxylic acids is 8. The molecule has 13 heterocycles. The third-order valence-corrected chi connectivity index (χ3v) is 29.8. The van der Waals surface area contributed by atoms with Crippen LogP contribution in [0.3, 0.4) is 0 Å². The minimum absolute atomic E-state index is 0.0177. The number of carboxylic acid groups (broad SMARTS) is 3. The first-order valence-electron chi connectivity index (χ1n) is 50.4. The lowest BCUT2D eigenvalue weighted by atomic mass is 9.74. The van der Waals surface area contributed by atoms with Gasteiger partial charge in [-0.2, -0.15) is 20.4 Å². The number of carbonyl (C=O) groups is 11. The summed E-state index contributed by atoms with van der Waals surface area (Å²) in [5, 5.41) is 54.2. The first kappa shape index (κ1) is 106. The average Bonchev–Trinajstić information content (AvgIpc) is 1.71. The van der Waals surface area contributed by atoms with Crippen molar-refractivity contribution >= 4 is 111 Å². The Kier molecular flexibility index (Phi) is 30.8. The summed E-state index contributed by atoms with van der Waals surface area (Å²) in [6.45, 7) is 39.5. The number of hydrogen-bond donors (Lipinski definition) is 4. The van der Waals surface area contributed by atoms with Crippen LogP contribution in [0.15, 0.2) is 122 Å². The predicted octanol–water partition coefficient (Wildman–Crippen LogP) is 15.3. The van der Waals surface area contributed by atoms with Crippen molar-refractivity contribution in [3.8, 4) is 33.8 Å². The maximum absolute atomic E-state index is 13.7. The lowest BCUT2D eigenvalue weighted by Gasteiger charge is -2.48. The second-order valence-electron chi connectivity index (χ2n) is 43.1. The van der Waals surface area contributed by atoms with Gasteiger partial charge in [0.2, 0.25) is 23.5 Å². The number of aromatic amines is 1. The molecule has 776 valence electrons. The van der Waals surface area contributed by atoms with Gasteiger partial charge in [-0.25, -0.2) is 47.4 Å². The standard InChI is InChI=1S/2C28H32ClN5O4.C27H39N5O4.C24H25FN8O2/c2*1-16(2)21-13-22(17-5-7-20(29)8-6-17)31-34-14-23(30-24(21)34)26(36)33-10-9-32(15-28(33,3)4)25(35)18-11-19(12-18)27(37)38;1-16(2)20-13-21(17(3)4)29-32-14-22(28-23(20)32)25(34)31-12-11-30(15-27(31,5)6)24(33)18-7-9-19(10-8-18)26(35)36;1-14(2)18-12-19(16-4-6-17(25)7-5-16)30-33-13-20(27-22(18)33)23(34)31-8-10-32(11-9-31)24(35)21-26-15(3)28-29-21/h2*5-8,13-14,16,18-19H,9-12,15H2,1-4H3,(H,37,38);13-14,16-19H,7-12,15H2,1-6H3,(H,35,36);4-7,12-14H,8-11H2,1-3H3,(H,26,28,29). The van der Waals surface area contributed by atoms with Crippen molar-refractivity contribution < 1.29 is 72.4 Å². The summed E-state index contributed by atoms with van der Waals surface area (Å²) in [4.78, 5) is 176. The Bertz CT molecular complexity index is 6820. The molecule has 0 spiro atoms. The summed E-state index contributed by atoms with van der Waals surface area (Å²) >= 11 is 12.1. The third kappa shape index (κ3) is 22.8. The number of aliphatic carboxylic acids is 3. The lowest BCUT2D eigenvalue weighted by Crippen LogP contribution is -2.63. The summed E-state index contributed by atoms with van der Waals surface area (Å²) in [7, 11) is 0. The van der Waals surface area contributed by atoms with Crippen LogP contribution < -0.4 is 0 Å². The van der Waals surface area contributed by atoms with Gasteiger partial charge in [0.05, 0.1) is 81.9 Å². The Morgan fingerprint density at radius 1 is 0.354 bits per heavy atom. The number of halogens is 3. The molecule has 37 nitrogen and oxygen atoms in total. The SMILES string of the molecule is CC(C)c1cc(-c2ccc(Cl)cc2)nn2cc(C(=O)N3CCN(C(=O)C4CC(C(=O)O)C4)CC3(C)C)nc12.CC(C)c1cc(-c2ccc(Cl)cc2)nn2cc(C(=O)N3CCN(C(=O)C4CC(C(=O)O)C4)CC3(C)C)nc12.CC(C)c1cc(C(C)C)c2nc(C(=O)N3CCN(C(=O)C4CCC(C(=O)O)CC4)CC3(C)C)cn2n1.Cc1nc(C(=O)N2CCN(C(=O)c3cn4nc(-c5ccc(F)cc5)cc(C(C)C)c4n3)CC2)n[nH]1. The molecule has 0 bridgehead atoms. The molecule has 9 aromatic heterocycles. The van der Waals surface area contributed by atoms with Crippen LogP contribution in [0.1, 0.15) is 278 Å². The summed E-state index contributed by atoms with van der Waals surface area (Å²) in [5.74, 6) is -3.90. The minimum atomic E-state index is -0.840. The topological polar surface area (TPSA) is 437 Å². The normalized spacial score (nSPS) is 19.7. The molecule has 4 aliphatic heterocycles. The number of amides is 8. The van der Waals surface area contributed by atoms with Gasteiger partial charge in [-0.15, -0.1) is 5.10 Å². The van der Waals surface area contributed by atoms with Crippen LogP contribution in [0.5, 0.6) is 0 Å². The fourth-order valence-electron chi connectivity index (χ4n) is 20.5. The molecule has 7 fully saturated rings. The molecular weight excluding hydrogens is 1920 g/mol. The third-order valence-electron chi connectivity index (χ3n) is 29.3. The highest BCUT2D eigenvalue weighted by Crippen LogP contribution is 2.42. The van der Waals surface area contributed by atoms with E-state index < -0.39 is 46.4 Å². The monoisotopic (exact) mass is 2050 g/mol. The van der Waals surface area contributed by atoms with Crippen molar-refractivity contribution in [1.29, 1.82) is 0 Å². The van der Waals surface area contributed by atoms with Crippen molar-refractivity contribution in [2.45, 2.75) is 215 Å². The number of benzene rings is 3. The fraction of sp³-hybridized carbons (Fsp3) is 0.486. The van der Waals surface area contributed by atoms with Gasteiger partial charge >= 0.3 is 17.9 Å². The number of piperazine rings is 4. The second-order valence-corrected chi connectivity index (χ2v) is 43.9. The van der Waals surface area contributed by atoms with E-state index in [1.165, 1.54) is 12.1 Å². The minimum Gasteiger partial charge on any atom is -0.481 e. The van der Waals surface area contributed by atoms with Crippen molar-refractivity contribution in [3.05, 3.63) is 200 Å². The highest BCUT2D eigenvalue weighted by Gasteiger charge is 2.49. The van der Waals surface area contributed by atoms with E-state index >= 15 is 0 Å². The zero-order valence-corrected chi connectivity index (χ0v) is 87.6. The summed E-state index contributed by atoms with van der Waals surface area (Å²) in [6, 6.07) is 29.1. The summed E-state index contributed by atoms with van der Waals surface area (Å²) in [5.41, 5.74) is 11.9. The van der Waals surface area contributed by atoms with Gasteiger partial charge in [0.25, 0.3) is 29.5 Å². The first-order valence-corrected chi connectivity index (χ1v) is 51.2. The number of hydrogen-bond acceptors (Lipinski definition) is 21. The number of fused-ring (bicyclic) bond motifs is 4. The van der Waals surface area contributed by atoms with E-state index in [0.29, 0.717) is 203 Å². The first-order chi connectivity index (χ1) is 69.6. The van der Waals surface area contributed by atoms with Crippen molar-refractivity contribution in [2.75, 3.05) is 85.1 Å². The molecule has 0 atom stereocenters. The number of carboxylic acids is 3. The van der Waals surface area contributed by atoms with Crippen LogP contribution in [0.25, 0.3) is 56.4 Å². The fourth-order valence-corrected chi connectivity index (χ4v) is 20.8. The van der Waals surface area contributed by atoms with E-state index in [2.05, 4.69) is 86.7 Å². The highest BCUT2D eigenvalue weighted by molar-refractivity contribution is 6.31. The predicted molar refractivity (Wildman–Crippen MR) is 547 cm³/mol. The Morgan fingerprint density at radius 3 is 0.952 bits per heavy atom. The van der Waals surface area contributed by atoms with E-state index in [1.807, 2.05) is 132 Å². The van der Waals surface area contributed by atoms with E-state index in [9.17, 15) is 62.2 Å². The molecule has 19 rings (SSSR count). The molecule has 8 amide bonds. The zero-order valence-electron chi connectivity index (χ0n) is 86.1. The molecule has 0 unspecified atom stereocenters. The number of nitrogens with zero attached hydrogens (tertiary/aromatic N) is 22. The van der Waals surface area contributed by atoms with Gasteiger partial charge in [0, 0.05) is 152 Å². The number of nitrogens with one attached hydrogen (secondary N) is 1. The van der Waals surface area contributed by atoms with E-state index in [0.717, 1.165) is 56.0 Å². The Hall–Kier alpha value is -14.0. The van der Waals surface area contributed by atoms with Crippen LogP contribution in [0, 0.1) is 48.2 Å². The number of imidazole rings is 4. The number of aromatic nitrogens is 15. The molecule has 12 aromatic rings. The lowest BCUT2D eigenvalue weighted by molar-refractivity contribution is -0.154. The Labute approximate surface area is 861 Å². The number of aryl methyl sites for hydroxylation is 1. The molecule has 4 saturated heterocycles. The Balaban J connectivity index is 0.000000140. The zero-order chi connectivity index (χ0) is 106. The van der Waals surface area contributed by atoms with E-state index in [4.69, 9.17) is 63.7 Å². The van der Waals surface area contributed by atoms with Gasteiger partial charge in [-0.05, 0) is 202 Å². The van der Waals surface area contributed by atoms with Crippen molar-refractivity contribution in [2.24, 2.45) is 35.5 Å². The molecular formula is C107H128Cl2FN23O14. The Morgan fingerprint density at radius 2 is 0.646 bits per heavy atom. The van der Waals surface area contributed by atoms with Gasteiger partial charge < -0.3 is 54.5 Å². The molecule has 40 heteroatoms. The largest absolute Gasteiger partial charge is 0.481 e.